The number of benzene rings is 3. The molecule has 0 aliphatic rings. The Balaban J connectivity index is 0.000000567. The summed E-state index contributed by atoms with van der Waals surface area (Å²) in [7, 11) is 0. The molecule has 5 aromatic rings. The molecule has 0 atom stereocenters. The van der Waals surface area contributed by atoms with Crippen molar-refractivity contribution in [2.24, 2.45) is 0 Å². The first-order valence-electron chi connectivity index (χ1n) is 14.2. The van der Waals surface area contributed by atoms with E-state index in [2.05, 4.69) is 120 Å². The van der Waals surface area contributed by atoms with Crippen LogP contribution in [0.4, 0.5) is 0 Å². The number of furan rings is 1. The number of pyridine rings is 1. The fraction of sp³-hybridized carbons (Fsp3) is 0.263. The number of hydrogen-bond donors (Lipinski definition) is 1. The van der Waals surface area contributed by atoms with Crippen molar-refractivity contribution in [3.8, 4) is 33.7 Å². The van der Waals surface area contributed by atoms with Gasteiger partial charge in [0.25, 0.3) is 0 Å². The summed E-state index contributed by atoms with van der Waals surface area (Å²) >= 11 is 0. The molecule has 0 unspecified atom stereocenters. The van der Waals surface area contributed by atoms with Crippen LogP contribution in [-0.4, -0.2) is 15.9 Å². The van der Waals surface area contributed by atoms with Gasteiger partial charge in [-0.2, -0.15) is 0 Å². The maximum Gasteiger partial charge on any atom is 0.217 e. The molecule has 1 radical (unpaired) electrons. The average Bonchev–Trinajstić information content (AvgIpc) is 3.36. The van der Waals surface area contributed by atoms with E-state index in [1.165, 1.54) is 36.6 Å². The van der Waals surface area contributed by atoms with Crippen LogP contribution in [0.1, 0.15) is 66.5 Å². The van der Waals surface area contributed by atoms with Crippen molar-refractivity contribution in [1.29, 1.82) is 0 Å². The Hall–Kier alpha value is -3.79. The van der Waals surface area contributed by atoms with E-state index in [0.717, 1.165) is 33.5 Å². The summed E-state index contributed by atoms with van der Waals surface area (Å²) in [4.78, 5) is 14.9. The number of carbonyl (C=O) groups excluding carboxylic acids is 1. The number of nitrogens with zero attached hydrogens (tertiary/aromatic N) is 1. The largest absolute Gasteiger partial charge is 0.512 e. The molecular weight excluding hydrogens is 711 g/mol. The Bertz CT molecular complexity index is 1700. The van der Waals surface area contributed by atoms with Gasteiger partial charge in [0.1, 0.15) is 5.76 Å². The van der Waals surface area contributed by atoms with Gasteiger partial charge < -0.3 is 9.52 Å². The van der Waals surface area contributed by atoms with Crippen molar-refractivity contribution in [1.82, 2.24) is 4.98 Å². The maximum atomic E-state index is 10.0. The Morgan fingerprint density at radius 3 is 1.95 bits per heavy atom. The molecule has 2 aromatic heterocycles. The van der Waals surface area contributed by atoms with E-state index in [4.69, 9.17) is 14.5 Å². The van der Waals surface area contributed by atoms with Crippen LogP contribution in [0.15, 0.2) is 101 Å². The Morgan fingerprint density at radius 2 is 1.42 bits per heavy atom. The molecule has 225 valence electrons. The quantitative estimate of drug-likeness (QED) is 0.113. The van der Waals surface area contributed by atoms with Crippen LogP contribution in [0.25, 0.3) is 44.8 Å². The van der Waals surface area contributed by atoms with Crippen LogP contribution < -0.4 is 0 Å². The zero-order valence-electron chi connectivity index (χ0n) is 26.2. The van der Waals surface area contributed by atoms with Crippen LogP contribution in [0, 0.1) is 6.07 Å². The third-order valence-corrected chi connectivity index (χ3v) is 6.93. The molecule has 4 nitrogen and oxygen atoms in total. The molecule has 0 amide bonds. The van der Waals surface area contributed by atoms with Gasteiger partial charge in [0, 0.05) is 37.1 Å². The van der Waals surface area contributed by atoms with Crippen LogP contribution >= 0.6 is 0 Å². The van der Waals surface area contributed by atoms with Crippen LogP contribution in [0.5, 0.6) is 0 Å². The number of carbonyl (C=O) groups is 1. The fourth-order valence-electron chi connectivity index (χ4n) is 4.56. The Morgan fingerprint density at radius 1 is 0.791 bits per heavy atom. The zero-order valence-corrected chi connectivity index (χ0v) is 28.6. The summed E-state index contributed by atoms with van der Waals surface area (Å²) in [5.41, 5.74) is 8.59. The van der Waals surface area contributed by atoms with Gasteiger partial charge in [-0.05, 0) is 65.3 Å². The molecule has 43 heavy (non-hydrogen) atoms. The van der Waals surface area contributed by atoms with Crippen molar-refractivity contribution in [3.63, 3.8) is 0 Å². The van der Waals surface area contributed by atoms with E-state index in [0.29, 0.717) is 5.71 Å². The molecule has 0 spiro atoms. The van der Waals surface area contributed by atoms with Crippen LogP contribution in [0.3, 0.4) is 0 Å². The van der Waals surface area contributed by atoms with Crippen LogP contribution in [0.2, 0.25) is 0 Å². The molecule has 0 saturated carbocycles. The van der Waals surface area contributed by atoms with Gasteiger partial charge in [-0.25, -0.2) is 0 Å². The fourth-order valence-corrected chi connectivity index (χ4v) is 4.56. The molecule has 0 fully saturated rings. The number of aromatic nitrogens is 1. The second-order valence-electron chi connectivity index (χ2n) is 12.8. The number of rotatable bonds is 4. The van der Waals surface area contributed by atoms with Gasteiger partial charge in [0.05, 0.1) is 5.76 Å². The van der Waals surface area contributed by atoms with E-state index < -0.39 is 0 Å². The summed E-state index contributed by atoms with van der Waals surface area (Å²) in [6.07, 6.45) is 1.17. The third-order valence-electron chi connectivity index (χ3n) is 6.93. The summed E-state index contributed by atoms with van der Waals surface area (Å²) in [5.74, 6) is 0.788. The molecule has 3 aromatic carbocycles. The van der Waals surface area contributed by atoms with Gasteiger partial charge in [0.2, 0.25) is 5.71 Å². The predicted octanol–water partition coefficient (Wildman–Crippen LogP) is 10.3. The second kappa shape index (κ2) is 13.7. The van der Waals surface area contributed by atoms with Crippen molar-refractivity contribution in [3.05, 3.63) is 114 Å². The summed E-state index contributed by atoms with van der Waals surface area (Å²) in [6.45, 7) is 16.4. The van der Waals surface area contributed by atoms with Gasteiger partial charge in [-0.15, -0.1) is 35.4 Å². The summed E-state index contributed by atoms with van der Waals surface area (Å²) in [5, 5.41) is 9.36. The zero-order chi connectivity index (χ0) is 30.7. The van der Waals surface area contributed by atoms with Crippen molar-refractivity contribution in [2.45, 2.75) is 66.2 Å². The number of allylic oxidation sites excluding steroid dienone is 2. The normalized spacial score (nSPS) is 11.9. The molecule has 2 heterocycles. The van der Waals surface area contributed by atoms with Gasteiger partial charge in [-0.1, -0.05) is 90.1 Å². The van der Waals surface area contributed by atoms with Gasteiger partial charge >= 0.3 is 0 Å². The minimum atomic E-state index is -0.125. The average molecular weight is 751 g/mol. The van der Waals surface area contributed by atoms with Gasteiger partial charge in [0.15, 0.2) is 5.78 Å². The molecule has 1 N–H and O–H groups in total. The molecule has 5 heteroatoms. The van der Waals surface area contributed by atoms with E-state index in [1.54, 1.807) is 0 Å². The molecular formula is C38H40IrNO3-. The summed E-state index contributed by atoms with van der Waals surface area (Å²) < 4.78 is 6.34. The number of fused-ring (bicyclic) bond motifs is 1. The Kier molecular flexibility index (Phi) is 10.7. The first-order chi connectivity index (χ1) is 19.7. The smallest absolute Gasteiger partial charge is 0.217 e. The monoisotopic (exact) mass is 751 g/mol. The number of aliphatic hydroxyl groups excluding tert-OH is 1. The minimum absolute atomic E-state index is 0. The minimum Gasteiger partial charge on any atom is -0.512 e. The van der Waals surface area contributed by atoms with E-state index >= 15 is 0 Å². The number of aliphatic hydroxyl groups is 1. The van der Waals surface area contributed by atoms with E-state index in [-0.39, 0.29) is 42.5 Å². The molecule has 0 aliphatic carbocycles. The molecule has 0 saturated heterocycles. The predicted molar refractivity (Wildman–Crippen MR) is 174 cm³/mol. The topological polar surface area (TPSA) is 63.3 Å². The standard InChI is InChI=1S/C33H32NO.C5H8O2.Ir/c1-32(2,3)27-18-26(19-28(21-27)33(4,5)6)30-20-25-15-16-29(34-31(25)35-30)24-14-10-13-23(17-24)22-11-8-7-9-12-22;1-4(6)3-5(2)7;/h7-13,15-21H,1-6H3;3,6H,1-2H3;/q-1;;/b;4-3-;. The number of hydrogen-bond acceptors (Lipinski definition) is 4. The van der Waals surface area contributed by atoms with Crippen LogP contribution in [-0.2, 0) is 35.7 Å². The molecule has 0 aliphatic heterocycles. The Labute approximate surface area is 269 Å². The van der Waals surface area contributed by atoms with E-state index in [9.17, 15) is 4.79 Å². The van der Waals surface area contributed by atoms with E-state index in [1.807, 2.05) is 12.1 Å². The SMILES string of the molecule is CC(=O)/C=C(/C)O.CC(C)(C)c1cc(-c2cc3ccc(-c4[c-]ccc(-c5ccccc5)c4)nc3o2)cc(C(C)(C)C)c1.[Ir]. The number of ketones is 1. The second-order valence-corrected chi connectivity index (χ2v) is 12.8. The first kappa shape index (κ1) is 33.7. The first-order valence-corrected chi connectivity index (χ1v) is 14.2. The van der Waals surface area contributed by atoms with Crippen molar-refractivity contribution >= 4 is 16.9 Å². The maximum absolute atomic E-state index is 10.0. The van der Waals surface area contributed by atoms with Crippen molar-refractivity contribution < 1.29 is 34.4 Å². The van der Waals surface area contributed by atoms with Gasteiger partial charge in [-0.3, -0.25) is 9.78 Å². The van der Waals surface area contributed by atoms with Crippen molar-refractivity contribution in [2.75, 3.05) is 0 Å². The summed E-state index contributed by atoms with van der Waals surface area (Å²) in [6, 6.07) is 33.0. The molecule has 0 bridgehead atoms. The molecule has 5 rings (SSSR count). The third kappa shape index (κ3) is 8.86.